The summed E-state index contributed by atoms with van der Waals surface area (Å²) in [7, 11) is 0. The third-order valence-electron chi connectivity index (χ3n) is 3.36. The lowest BCUT2D eigenvalue weighted by Crippen LogP contribution is -2.15. The van der Waals surface area contributed by atoms with E-state index in [1.807, 2.05) is 0 Å². The van der Waals surface area contributed by atoms with Crippen molar-refractivity contribution < 1.29 is 22.4 Å². The summed E-state index contributed by atoms with van der Waals surface area (Å²) in [5, 5.41) is 5.40. The van der Waals surface area contributed by atoms with Crippen LogP contribution in [0.1, 0.15) is 21.8 Å². The van der Waals surface area contributed by atoms with Crippen LogP contribution in [0.2, 0.25) is 0 Å². The summed E-state index contributed by atoms with van der Waals surface area (Å²) in [6, 6.07) is 9.06. The van der Waals surface area contributed by atoms with Gasteiger partial charge in [-0.25, -0.2) is 9.97 Å². The SMILES string of the molecule is O=C(Nc1ccc(C(F)(F)F)cc1)c1ccnc(NCc2ccco2)n1. The number of rotatable bonds is 5. The molecule has 0 spiro atoms. The van der Waals surface area contributed by atoms with Crippen molar-refractivity contribution in [2.45, 2.75) is 12.7 Å². The first-order valence-electron chi connectivity index (χ1n) is 7.50. The van der Waals surface area contributed by atoms with Crippen molar-refractivity contribution >= 4 is 17.5 Å². The highest BCUT2D eigenvalue weighted by Crippen LogP contribution is 2.29. The number of alkyl halides is 3. The summed E-state index contributed by atoms with van der Waals surface area (Å²) in [6.07, 6.45) is -1.49. The molecule has 0 unspecified atom stereocenters. The fraction of sp³-hybridized carbons (Fsp3) is 0.118. The molecule has 0 bridgehead atoms. The molecule has 0 aliphatic rings. The minimum Gasteiger partial charge on any atom is -0.467 e. The Labute approximate surface area is 146 Å². The fourth-order valence-corrected chi connectivity index (χ4v) is 2.09. The standard InChI is InChI=1S/C17H13F3N4O2/c18-17(19,20)11-3-5-12(6-4-11)23-15(25)14-7-8-21-16(24-14)22-10-13-2-1-9-26-13/h1-9H,10H2,(H,23,25)(H,21,22,24). The van der Waals surface area contributed by atoms with Gasteiger partial charge < -0.3 is 15.1 Å². The van der Waals surface area contributed by atoms with Gasteiger partial charge in [-0.15, -0.1) is 0 Å². The van der Waals surface area contributed by atoms with Crippen LogP contribution >= 0.6 is 0 Å². The molecule has 0 fully saturated rings. The van der Waals surface area contributed by atoms with E-state index in [2.05, 4.69) is 20.6 Å². The predicted octanol–water partition coefficient (Wildman–Crippen LogP) is 3.95. The summed E-state index contributed by atoms with van der Waals surface area (Å²) in [4.78, 5) is 20.3. The molecule has 0 aliphatic heterocycles. The van der Waals surface area contributed by atoms with E-state index in [9.17, 15) is 18.0 Å². The van der Waals surface area contributed by atoms with E-state index in [1.54, 1.807) is 12.1 Å². The number of hydrogen-bond acceptors (Lipinski definition) is 5. The highest BCUT2D eigenvalue weighted by molar-refractivity contribution is 6.02. The van der Waals surface area contributed by atoms with Crippen molar-refractivity contribution in [1.29, 1.82) is 0 Å². The molecule has 2 aromatic heterocycles. The molecule has 3 aromatic rings. The third-order valence-corrected chi connectivity index (χ3v) is 3.36. The minimum absolute atomic E-state index is 0.0712. The number of amides is 1. The molecule has 26 heavy (non-hydrogen) atoms. The molecule has 0 atom stereocenters. The van der Waals surface area contributed by atoms with Gasteiger partial charge in [-0.1, -0.05) is 0 Å². The second-order valence-electron chi connectivity index (χ2n) is 5.23. The van der Waals surface area contributed by atoms with Gasteiger partial charge in [0, 0.05) is 11.9 Å². The van der Waals surface area contributed by atoms with Crippen LogP contribution in [-0.4, -0.2) is 15.9 Å². The Morgan fingerprint density at radius 1 is 1.12 bits per heavy atom. The van der Waals surface area contributed by atoms with Gasteiger partial charge in [0.25, 0.3) is 5.91 Å². The number of carbonyl (C=O) groups is 1. The van der Waals surface area contributed by atoms with Crippen molar-refractivity contribution in [2.75, 3.05) is 10.6 Å². The highest BCUT2D eigenvalue weighted by Gasteiger charge is 2.30. The van der Waals surface area contributed by atoms with Gasteiger partial charge in [0.15, 0.2) is 0 Å². The van der Waals surface area contributed by atoms with E-state index < -0.39 is 17.6 Å². The summed E-state index contributed by atoms with van der Waals surface area (Å²) in [5.74, 6) is 0.336. The van der Waals surface area contributed by atoms with Crippen molar-refractivity contribution in [1.82, 2.24) is 9.97 Å². The van der Waals surface area contributed by atoms with E-state index in [1.165, 1.54) is 30.7 Å². The lowest BCUT2D eigenvalue weighted by molar-refractivity contribution is -0.137. The fourth-order valence-electron chi connectivity index (χ4n) is 2.09. The van der Waals surface area contributed by atoms with Gasteiger partial charge in [0.2, 0.25) is 5.95 Å². The first kappa shape index (κ1) is 17.5. The molecular weight excluding hydrogens is 349 g/mol. The number of aromatic nitrogens is 2. The van der Waals surface area contributed by atoms with Crippen LogP contribution < -0.4 is 10.6 Å². The molecule has 2 heterocycles. The normalized spacial score (nSPS) is 11.2. The van der Waals surface area contributed by atoms with Gasteiger partial charge in [-0.2, -0.15) is 13.2 Å². The van der Waals surface area contributed by atoms with Gasteiger partial charge in [-0.05, 0) is 42.5 Å². The van der Waals surface area contributed by atoms with Gasteiger partial charge in [0.1, 0.15) is 11.5 Å². The zero-order valence-electron chi connectivity index (χ0n) is 13.2. The molecule has 2 N–H and O–H groups in total. The number of halogens is 3. The van der Waals surface area contributed by atoms with Crippen molar-refractivity contribution in [3.8, 4) is 0 Å². The maximum absolute atomic E-state index is 12.5. The molecule has 0 saturated carbocycles. The van der Waals surface area contributed by atoms with Crippen LogP contribution in [0.3, 0.4) is 0 Å². The maximum atomic E-state index is 12.5. The molecule has 0 aliphatic carbocycles. The van der Waals surface area contributed by atoms with Crippen LogP contribution in [0.25, 0.3) is 0 Å². The van der Waals surface area contributed by atoms with Crippen molar-refractivity contribution in [3.05, 3.63) is 71.9 Å². The number of furan rings is 1. The van der Waals surface area contributed by atoms with Crippen molar-refractivity contribution in [3.63, 3.8) is 0 Å². The van der Waals surface area contributed by atoms with Crippen LogP contribution in [0, 0.1) is 0 Å². The number of carbonyl (C=O) groups excluding carboxylic acids is 1. The molecule has 1 amide bonds. The Kier molecular flexibility index (Phi) is 4.87. The van der Waals surface area contributed by atoms with E-state index in [4.69, 9.17) is 4.42 Å². The number of hydrogen-bond donors (Lipinski definition) is 2. The van der Waals surface area contributed by atoms with E-state index in [-0.39, 0.29) is 17.3 Å². The number of nitrogens with one attached hydrogen (secondary N) is 2. The topological polar surface area (TPSA) is 80.0 Å². The Balaban J connectivity index is 1.65. The highest BCUT2D eigenvalue weighted by atomic mass is 19.4. The quantitative estimate of drug-likeness (QED) is 0.718. The lowest BCUT2D eigenvalue weighted by Gasteiger charge is -2.09. The van der Waals surface area contributed by atoms with Crippen LogP contribution in [-0.2, 0) is 12.7 Å². The molecule has 134 valence electrons. The lowest BCUT2D eigenvalue weighted by atomic mass is 10.2. The predicted molar refractivity (Wildman–Crippen MR) is 87.5 cm³/mol. The van der Waals surface area contributed by atoms with Crippen molar-refractivity contribution in [2.24, 2.45) is 0 Å². The maximum Gasteiger partial charge on any atom is 0.416 e. The first-order chi connectivity index (χ1) is 12.4. The average Bonchev–Trinajstić information content (AvgIpc) is 3.13. The van der Waals surface area contributed by atoms with E-state index >= 15 is 0 Å². The van der Waals surface area contributed by atoms with E-state index in [0.717, 1.165) is 12.1 Å². The van der Waals surface area contributed by atoms with Crippen LogP contribution in [0.4, 0.5) is 24.8 Å². The molecule has 3 rings (SSSR count). The Hall–Kier alpha value is -3.36. The summed E-state index contributed by atoms with van der Waals surface area (Å²) in [6.45, 7) is 0.344. The summed E-state index contributed by atoms with van der Waals surface area (Å²) >= 11 is 0. The zero-order valence-corrected chi connectivity index (χ0v) is 13.2. The van der Waals surface area contributed by atoms with Crippen LogP contribution in [0.15, 0.2) is 59.3 Å². The Bertz CT molecular complexity index is 878. The molecule has 0 radical (unpaired) electrons. The minimum atomic E-state index is -4.43. The number of benzene rings is 1. The Morgan fingerprint density at radius 3 is 2.54 bits per heavy atom. The number of anilines is 2. The number of nitrogens with zero attached hydrogens (tertiary/aromatic N) is 2. The molecule has 6 nitrogen and oxygen atoms in total. The average molecular weight is 362 g/mol. The molecule has 1 aromatic carbocycles. The Morgan fingerprint density at radius 2 is 1.88 bits per heavy atom. The van der Waals surface area contributed by atoms with E-state index in [0.29, 0.717) is 12.3 Å². The van der Waals surface area contributed by atoms with Gasteiger partial charge in [-0.3, -0.25) is 4.79 Å². The first-order valence-corrected chi connectivity index (χ1v) is 7.50. The molecular formula is C17H13F3N4O2. The molecule has 0 saturated heterocycles. The summed E-state index contributed by atoms with van der Waals surface area (Å²) < 4.78 is 42.8. The van der Waals surface area contributed by atoms with Gasteiger partial charge >= 0.3 is 6.18 Å². The van der Waals surface area contributed by atoms with Crippen LogP contribution in [0.5, 0.6) is 0 Å². The largest absolute Gasteiger partial charge is 0.467 e. The zero-order chi connectivity index (χ0) is 18.6. The smallest absolute Gasteiger partial charge is 0.416 e. The second-order valence-corrected chi connectivity index (χ2v) is 5.23. The van der Waals surface area contributed by atoms with Gasteiger partial charge in [0.05, 0.1) is 18.4 Å². The summed E-state index contributed by atoms with van der Waals surface area (Å²) in [5.41, 5.74) is -0.490. The third kappa shape index (κ3) is 4.38. The second kappa shape index (κ2) is 7.26. The monoisotopic (exact) mass is 362 g/mol. The molecule has 9 heteroatoms.